The number of hydrogen-bond acceptors (Lipinski definition) is 3. The molecule has 0 radical (unpaired) electrons. The maximum atomic E-state index is 11.4. The van der Waals surface area contributed by atoms with Gasteiger partial charge in [-0.05, 0) is 53.0 Å². The van der Waals surface area contributed by atoms with Crippen molar-refractivity contribution in [2.24, 2.45) is 5.92 Å². The lowest BCUT2D eigenvalue weighted by atomic mass is 10.2. The van der Waals surface area contributed by atoms with Gasteiger partial charge < -0.3 is 15.4 Å². The average molecular weight is 228 g/mol. The molecule has 16 heavy (non-hydrogen) atoms. The molecular weight excluding hydrogens is 204 g/mol. The van der Waals surface area contributed by atoms with E-state index in [0.29, 0.717) is 12.6 Å². The Kier molecular flexibility index (Phi) is 4.59. The lowest BCUT2D eigenvalue weighted by molar-refractivity contribution is 0.0523. The largest absolute Gasteiger partial charge is 0.444 e. The smallest absolute Gasteiger partial charge is 0.407 e. The van der Waals surface area contributed by atoms with Gasteiger partial charge in [0.05, 0.1) is 0 Å². The molecule has 1 amide bonds. The van der Waals surface area contributed by atoms with Crippen LogP contribution in [0.25, 0.3) is 0 Å². The van der Waals surface area contributed by atoms with E-state index < -0.39 is 5.60 Å². The van der Waals surface area contributed by atoms with Crippen molar-refractivity contribution < 1.29 is 9.53 Å². The van der Waals surface area contributed by atoms with Crippen LogP contribution in [0.1, 0.15) is 40.5 Å². The van der Waals surface area contributed by atoms with Crippen molar-refractivity contribution in [1.82, 2.24) is 10.6 Å². The first-order valence-corrected chi connectivity index (χ1v) is 6.07. The molecule has 0 aromatic rings. The Balaban J connectivity index is 2.05. The summed E-state index contributed by atoms with van der Waals surface area (Å²) in [6.45, 7) is 9.34. The lowest BCUT2D eigenvalue weighted by Gasteiger charge is -2.21. The minimum absolute atomic E-state index is 0.299. The molecule has 0 aromatic carbocycles. The van der Waals surface area contributed by atoms with E-state index in [2.05, 4.69) is 17.6 Å². The Morgan fingerprint density at radius 1 is 1.44 bits per heavy atom. The average Bonchev–Trinajstić information content (AvgIpc) is 2.92. The lowest BCUT2D eigenvalue weighted by Crippen LogP contribution is -2.41. The molecule has 0 heterocycles. The summed E-state index contributed by atoms with van der Waals surface area (Å²) in [6.07, 6.45) is 2.35. The van der Waals surface area contributed by atoms with Gasteiger partial charge >= 0.3 is 6.09 Å². The highest BCUT2D eigenvalue weighted by Gasteiger charge is 2.21. The zero-order valence-electron chi connectivity index (χ0n) is 10.8. The predicted octanol–water partition coefficient (Wildman–Crippen LogP) is 1.90. The van der Waals surface area contributed by atoms with E-state index in [-0.39, 0.29) is 6.09 Å². The minimum atomic E-state index is -0.422. The molecule has 0 aromatic heterocycles. The van der Waals surface area contributed by atoms with Gasteiger partial charge in [-0.1, -0.05) is 0 Å². The van der Waals surface area contributed by atoms with Crippen molar-refractivity contribution in [3.63, 3.8) is 0 Å². The topological polar surface area (TPSA) is 50.4 Å². The fraction of sp³-hybridized carbons (Fsp3) is 0.917. The van der Waals surface area contributed by atoms with Crippen LogP contribution in [0.3, 0.4) is 0 Å². The summed E-state index contributed by atoms with van der Waals surface area (Å²) in [5.41, 5.74) is -0.422. The van der Waals surface area contributed by atoms with Crippen molar-refractivity contribution in [3.8, 4) is 0 Å². The molecule has 1 fully saturated rings. The van der Waals surface area contributed by atoms with Gasteiger partial charge in [0, 0.05) is 12.6 Å². The van der Waals surface area contributed by atoms with E-state index in [4.69, 9.17) is 4.74 Å². The van der Waals surface area contributed by atoms with E-state index in [1.165, 1.54) is 12.8 Å². The van der Waals surface area contributed by atoms with E-state index in [0.717, 1.165) is 12.5 Å². The van der Waals surface area contributed by atoms with E-state index >= 15 is 0 Å². The third kappa shape index (κ3) is 6.67. The van der Waals surface area contributed by atoms with Crippen LogP contribution in [0.15, 0.2) is 0 Å². The zero-order valence-corrected chi connectivity index (χ0v) is 10.8. The van der Waals surface area contributed by atoms with Crippen molar-refractivity contribution in [2.45, 2.75) is 52.2 Å². The molecule has 0 spiro atoms. The quantitative estimate of drug-likeness (QED) is 0.755. The van der Waals surface area contributed by atoms with Crippen molar-refractivity contribution in [2.75, 3.05) is 13.1 Å². The second-order valence-corrected chi connectivity index (χ2v) is 5.64. The zero-order chi connectivity index (χ0) is 12.2. The third-order valence-corrected chi connectivity index (χ3v) is 2.40. The number of alkyl carbamates (subject to hydrolysis) is 1. The predicted molar refractivity (Wildman–Crippen MR) is 64.4 cm³/mol. The Morgan fingerprint density at radius 3 is 2.56 bits per heavy atom. The van der Waals surface area contributed by atoms with Crippen molar-refractivity contribution >= 4 is 6.09 Å². The molecule has 4 heteroatoms. The van der Waals surface area contributed by atoms with Gasteiger partial charge in [-0.25, -0.2) is 4.79 Å². The molecular formula is C12H24N2O2. The molecule has 0 aliphatic heterocycles. The number of hydrogen-bond donors (Lipinski definition) is 2. The number of ether oxygens (including phenoxy) is 1. The molecule has 1 rings (SSSR count). The Bertz CT molecular complexity index is 232. The maximum Gasteiger partial charge on any atom is 0.407 e. The first kappa shape index (κ1) is 13.3. The van der Waals surface area contributed by atoms with Crippen molar-refractivity contribution in [3.05, 3.63) is 0 Å². The summed E-state index contributed by atoms with van der Waals surface area (Å²) < 4.78 is 5.15. The Labute approximate surface area is 98.1 Å². The first-order chi connectivity index (χ1) is 7.37. The highest BCUT2D eigenvalue weighted by Crippen LogP contribution is 2.27. The number of amides is 1. The fourth-order valence-electron chi connectivity index (χ4n) is 1.31. The molecule has 0 saturated heterocycles. The van der Waals surface area contributed by atoms with Gasteiger partial charge in [0.1, 0.15) is 5.60 Å². The SMILES string of the molecule is C[C@@H](CNC(=O)OC(C)(C)C)NCC1CC1. The summed E-state index contributed by atoms with van der Waals surface area (Å²) >= 11 is 0. The molecule has 0 unspecified atom stereocenters. The van der Waals surface area contributed by atoms with Gasteiger partial charge in [-0.3, -0.25) is 0 Å². The van der Waals surface area contributed by atoms with Crippen LogP contribution in [0, 0.1) is 5.92 Å². The third-order valence-electron chi connectivity index (χ3n) is 2.40. The van der Waals surface area contributed by atoms with Crippen LogP contribution in [-0.4, -0.2) is 30.8 Å². The number of carbonyl (C=O) groups is 1. The molecule has 0 bridgehead atoms. The molecule has 1 aliphatic carbocycles. The van der Waals surface area contributed by atoms with Crippen LogP contribution >= 0.6 is 0 Å². The number of rotatable bonds is 5. The second kappa shape index (κ2) is 5.53. The highest BCUT2D eigenvalue weighted by molar-refractivity contribution is 5.67. The number of nitrogens with one attached hydrogen (secondary N) is 2. The molecule has 4 nitrogen and oxygen atoms in total. The summed E-state index contributed by atoms with van der Waals surface area (Å²) in [4.78, 5) is 11.4. The van der Waals surface area contributed by atoms with E-state index in [1.807, 2.05) is 20.8 Å². The Hall–Kier alpha value is -0.770. The first-order valence-electron chi connectivity index (χ1n) is 6.07. The minimum Gasteiger partial charge on any atom is -0.444 e. The van der Waals surface area contributed by atoms with Crippen molar-refractivity contribution in [1.29, 1.82) is 0 Å². The second-order valence-electron chi connectivity index (χ2n) is 5.64. The summed E-state index contributed by atoms with van der Waals surface area (Å²) in [5.74, 6) is 0.865. The number of carbonyl (C=O) groups excluding carboxylic acids is 1. The van der Waals surface area contributed by atoms with Gasteiger partial charge in [0.2, 0.25) is 0 Å². The molecule has 1 aliphatic rings. The van der Waals surface area contributed by atoms with Crippen LogP contribution in [0.5, 0.6) is 0 Å². The monoisotopic (exact) mass is 228 g/mol. The molecule has 1 atom stereocenters. The standard InChI is InChI=1S/C12H24N2O2/c1-9(13-8-10-5-6-10)7-14-11(15)16-12(2,3)4/h9-10,13H,5-8H2,1-4H3,(H,14,15)/t9-/m0/s1. The summed E-state index contributed by atoms with van der Waals surface area (Å²) in [5, 5.41) is 6.15. The van der Waals surface area contributed by atoms with E-state index in [1.54, 1.807) is 0 Å². The maximum absolute atomic E-state index is 11.4. The van der Waals surface area contributed by atoms with Gasteiger partial charge in [0.25, 0.3) is 0 Å². The van der Waals surface area contributed by atoms with Crippen LogP contribution < -0.4 is 10.6 Å². The Morgan fingerprint density at radius 2 is 2.06 bits per heavy atom. The fourth-order valence-corrected chi connectivity index (χ4v) is 1.31. The summed E-state index contributed by atoms with van der Waals surface area (Å²) in [6, 6.07) is 0.299. The van der Waals surface area contributed by atoms with E-state index in [9.17, 15) is 4.79 Å². The van der Waals surface area contributed by atoms with Gasteiger partial charge in [0.15, 0.2) is 0 Å². The molecule has 94 valence electrons. The van der Waals surface area contributed by atoms with Crippen LogP contribution in [-0.2, 0) is 4.74 Å². The molecule has 1 saturated carbocycles. The highest BCUT2D eigenvalue weighted by atomic mass is 16.6. The van der Waals surface area contributed by atoms with Gasteiger partial charge in [-0.15, -0.1) is 0 Å². The molecule has 2 N–H and O–H groups in total. The summed E-state index contributed by atoms with van der Waals surface area (Å²) in [7, 11) is 0. The normalized spacial score (nSPS) is 18.0. The van der Waals surface area contributed by atoms with Crippen LogP contribution in [0.4, 0.5) is 4.79 Å². The van der Waals surface area contributed by atoms with Gasteiger partial charge in [-0.2, -0.15) is 0 Å². The van der Waals surface area contributed by atoms with Crippen LogP contribution in [0.2, 0.25) is 0 Å².